The zero-order chi connectivity index (χ0) is 21.0. The number of hydrogen-bond donors (Lipinski definition) is 7. The van der Waals surface area contributed by atoms with Gasteiger partial charge in [-0.2, -0.15) is 0 Å². The number of hydrogen-bond acceptors (Lipinski definition) is 10. The minimum absolute atomic E-state index is 0.0927. The van der Waals surface area contributed by atoms with Crippen molar-refractivity contribution in [3.63, 3.8) is 0 Å². The average Bonchev–Trinajstić information content (AvgIpc) is 3.28. The molecule has 2 aromatic heterocycles. The number of carbonyl (C=O) groups excluding carboxylic acids is 1. The molecule has 1 saturated heterocycles. The molecule has 1 amide bonds. The lowest BCUT2D eigenvalue weighted by Crippen LogP contribution is -2.45. The van der Waals surface area contributed by atoms with Crippen LogP contribution in [-0.4, -0.2) is 86.4 Å². The molecule has 3 heterocycles. The largest absolute Gasteiger partial charge is 0.394 e. The second kappa shape index (κ2) is 9.43. The Balaban J connectivity index is 1.62. The van der Waals surface area contributed by atoms with Crippen molar-refractivity contribution in [1.29, 1.82) is 0 Å². The van der Waals surface area contributed by atoms with Crippen molar-refractivity contribution in [2.75, 3.05) is 31.6 Å². The molecule has 29 heavy (non-hydrogen) atoms. The second-order valence-electron chi connectivity index (χ2n) is 6.82. The van der Waals surface area contributed by atoms with Gasteiger partial charge < -0.3 is 46.7 Å². The van der Waals surface area contributed by atoms with Crippen LogP contribution in [0.5, 0.6) is 0 Å². The summed E-state index contributed by atoms with van der Waals surface area (Å²) in [6, 6.07) is 1.07. The number of aliphatic hydroxyl groups is 3. The number of aliphatic hydroxyl groups excluding tert-OH is 3. The molecule has 160 valence electrons. The van der Waals surface area contributed by atoms with Gasteiger partial charge in [0.15, 0.2) is 6.23 Å². The molecule has 0 unspecified atom stereocenters. The smallest absolute Gasteiger partial charge is 0.238 e. The molecular weight excluding hydrogens is 382 g/mol. The molecule has 0 aliphatic carbocycles. The predicted molar refractivity (Wildman–Crippen MR) is 104 cm³/mol. The van der Waals surface area contributed by atoms with E-state index in [0.717, 1.165) is 0 Å². The Morgan fingerprint density at radius 2 is 2.10 bits per heavy atom. The lowest BCUT2D eigenvalue weighted by atomic mass is 10.1. The summed E-state index contributed by atoms with van der Waals surface area (Å²) >= 11 is 0. The molecule has 0 spiro atoms. The first-order valence-electron chi connectivity index (χ1n) is 9.39. The minimum atomic E-state index is -1.20. The average molecular weight is 409 g/mol. The van der Waals surface area contributed by atoms with Gasteiger partial charge in [-0.25, -0.2) is 9.97 Å². The van der Waals surface area contributed by atoms with Crippen LogP contribution >= 0.6 is 0 Å². The maximum absolute atomic E-state index is 11.6. The molecule has 1 aliphatic heterocycles. The van der Waals surface area contributed by atoms with Gasteiger partial charge in [0.2, 0.25) is 5.91 Å². The van der Waals surface area contributed by atoms with Crippen LogP contribution in [0.4, 0.5) is 5.82 Å². The van der Waals surface area contributed by atoms with Gasteiger partial charge in [-0.15, -0.1) is 0 Å². The fraction of sp³-hybridized carbons (Fsp3) is 0.588. The van der Waals surface area contributed by atoms with Gasteiger partial charge in [0.25, 0.3) is 0 Å². The number of ether oxygens (including phenoxy) is 1. The van der Waals surface area contributed by atoms with E-state index in [4.69, 9.17) is 16.2 Å². The minimum Gasteiger partial charge on any atom is -0.394 e. The lowest BCUT2D eigenvalue weighted by Gasteiger charge is -2.17. The highest BCUT2D eigenvalue weighted by Gasteiger charge is 2.43. The van der Waals surface area contributed by atoms with E-state index in [9.17, 15) is 20.1 Å². The number of anilines is 1. The van der Waals surface area contributed by atoms with Crippen LogP contribution in [0.3, 0.4) is 0 Å². The summed E-state index contributed by atoms with van der Waals surface area (Å²) in [6.45, 7) is 0.679. The van der Waals surface area contributed by atoms with E-state index >= 15 is 0 Å². The molecule has 0 saturated carbocycles. The van der Waals surface area contributed by atoms with Gasteiger partial charge in [-0.3, -0.25) is 4.79 Å². The topological polar surface area (TPSA) is 194 Å². The zero-order valence-corrected chi connectivity index (χ0v) is 15.8. The van der Waals surface area contributed by atoms with Crippen LogP contribution in [0.2, 0.25) is 0 Å². The van der Waals surface area contributed by atoms with Crippen LogP contribution in [-0.2, 0) is 9.53 Å². The summed E-state index contributed by atoms with van der Waals surface area (Å²) in [5, 5.41) is 36.1. The lowest BCUT2D eigenvalue weighted by molar-refractivity contribution is -0.122. The number of aromatic nitrogens is 3. The molecule has 5 atom stereocenters. The van der Waals surface area contributed by atoms with Gasteiger partial charge in [0, 0.05) is 25.8 Å². The van der Waals surface area contributed by atoms with Crippen LogP contribution in [0.15, 0.2) is 18.6 Å². The van der Waals surface area contributed by atoms with E-state index in [2.05, 4.69) is 20.6 Å². The summed E-state index contributed by atoms with van der Waals surface area (Å²) in [5.41, 5.74) is 11.4. The third kappa shape index (κ3) is 4.47. The third-order valence-corrected chi connectivity index (χ3v) is 4.84. The Labute approximate surface area is 166 Å². The van der Waals surface area contributed by atoms with E-state index in [1.165, 1.54) is 6.33 Å². The standard InChI is InChI=1S/C17H27N7O5/c18-6-10(19)16(28)21-4-1-3-20-14-9-2-5-24(15(9)23-8-22-14)17-13(27)12(26)11(7-25)29-17/h2,5,8,10-13,17,25-27H,1,3-4,6-7,18-19H2,(H,21,28)(H,20,22,23)/t10-,11+,12+,13+,17+/m0/s1. The number of nitrogens with zero attached hydrogens (tertiary/aromatic N) is 3. The molecule has 0 aromatic carbocycles. The third-order valence-electron chi connectivity index (χ3n) is 4.84. The Kier molecular flexibility index (Phi) is 6.95. The number of nitrogens with two attached hydrogens (primary N) is 2. The number of rotatable bonds is 9. The fourth-order valence-electron chi connectivity index (χ4n) is 3.17. The second-order valence-corrected chi connectivity index (χ2v) is 6.82. The molecule has 3 rings (SSSR count). The highest BCUT2D eigenvalue weighted by Crippen LogP contribution is 2.32. The maximum atomic E-state index is 11.6. The SMILES string of the molecule is NC[C@H](N)C(=O)NCCCNc1ncnc2c1ccn2[C@@H]1O[C@H](CO)[C@@H](O)[C@H]1O. The van der Waals surface area contributed by atoms with Crippen molar-refractivity contribution in [2.24, 2.45) is 11.5 Å². The van der Waals surface area contributed by atoms with Crippen molar-refractivity contribution in [1.82, 2.24) is 19.9 Å². The molecule has 1 aliphatic rings. The predicted octanol–water partition coefficient (Wildman–Crippen LogP) is -2.75. The normalized spacial score (nSPS) is 25.3. The molecule has 0 radical (unpaired) electrons. The van der Waals surface area contributed by atoms with Gasteiger partial charge in [-0.05, 0) is 12.5 Å². The van der Waals surface area contributed by atoms with Gasteiger partial charge in [0.05, 0.1) is 18.0 Å². The highest BCUT2D eigenvalue weighted by molar-refractivity contribution is 5.87. The molecule has 12 nitrogen and oxygen atoms in total. The number of fused-ring (bicyclic) bond motifs is 1. The Morgan fingerprint density at radius 3 is 2.79 bits per heavy atom. The number of nitrogens with one attached hydrogen (secondary N) is 2. The van der Waals surface area contributed by atoms with Crippen molar-refractivity contribution in [3.05, 3.63) is 18.6 Å². The summed E-state index contributed by atoms with van der Waals surface area (Å²) < 4.78 is 7.16. The van der Waals surface area contributed by atoms with Crippen molar-refractivity contribution in [2.45, 2.75) is 37.0 Å². The monoisotopic (exact) mass is 409 g/mol. The van der Waals surface area contributed by atoms with Crippen molar-refractivity contribution >= 4 is 22.8 Å². The first kappa shape index (κ1) is 21.4. The van der Waals surface area contributed by atoms with Gasteiger partial charge >= 0.3 is 0 Å². The summed E-state index contributed by atoms with van der Waals surface area (Å²) in [6.07, 6.45) is -0.422. The molecule has 0 bridgehead atoms. The van der Waals surface area contributed by atoms with Crippen LogP contribution in [0.1, 0.15) is 12.6 Å². The number of carbonyl (C=O) groups is 1. The molecule has 12 heteroatoms. The van der Waals surface area contributed by atoms with E-state index in [1.54, 1.807) is 16.8 Å². The Hall–Kier alpha value is -2.35. The summed E-state index contributed by atoms with van der Waals surface area (Å²) in [5.74, 6) is 0.304. The maximum Gasteiger partial charge on any atom is 0.238 e. The Bertz CT molecular complexity index is 832. The fourth-order valence-corrected chi connectivity index (χ4v) is 3.17. The quantitative estimate of drug-likeness (QED) is 0.213. The van der Waals surface area contributed by atoms with Crippen LogP contribution < -0.4 is 22.1 Å². The van der Waals surface area contributed by atoms with E-state index in [1.807, 2.05) is 0 Å². The van der Waals surface area contributed by atoms with E-state index in [-0.39, 0.29) is 12.5 Å². The van der Waals surface area contributed by atoms with Crippen molar-refractivity contribution < 1.29 is 24.9 Å². The van der Waals surface area contributed by atoms with E-state index < -0.39 is 37.2 Å². The molecular formula is C17H27N7O5. The zero-order valence-electron chi connectivity index (χ0n) is 15.8. The molecule has 2 aromatic rings. The van der Waals surface area contributed by atoms with Gasteiger partial charge in [-0.1, -0.05) is 0 Å². The van der Waals surface area contributed by atoms with E-state index in [0.29, 0.717) is 36.4 Å². The Morgan fingerprint density at radius 1 is 1.31 bits per heavy atom. The first-order valence-corrected chi connectivity index (χ1v) is 9.39. The van der Waals surface area contributed by atoms with Crippen LogP contribution in [0.25, 0.3) is 11.0 Å². The number of amides is 1. The van der Waals surface area contributed by atoms with Crippen molar-refractivity contribution in [3.8, 4) is 0 Å². The van der Waals surface area contributed by atoms with Gasteiger partial charge in [0.1, 0.15) is 36.1 Å². The molecule has 9 N–H and O–H groups in total. The molecule has 1 fully saturated rings. The van der Waals surface area contributed by atoms with Crippen LogP contribution in [0, 0.1) is 0 Å². The highest BCUT2D eigenvalue weighted by atomic mass is 16.6. The summed E-state index contributed by atoms with van der Waals surface area (Å²) in [4.78, 5) is 20.1. The first-order chi connectivity index (χ1) is 14.0. The summed E-state index contributed by atoms with van der Waals surface area (Å²) in [7, 11) is 0.